The Bertz CT molecular complexity index is 375. The van der Waals surface area contributed by atoms with Crippen molar-refractivity contribution in [1.82, 2.24) is 5.32 Å². The third-order valence-corrected chi connectivity index (χ3v) is 4.11. The van der Waals surface area contributed by atoms with Gasteiger partial charge in [-0.1, -0.05) is 52.0 Å². The zero-order valence-electron chi connectivity index (χ0n) is 11.6. The van der Waals surface area contributed by atoms with Crippen LogP contribution in [0.4, 0.5) is 0 Å². The summed E-state index contributed by atoms with van der Waals surface area (Å²) in [5, 5.41) is 3.49. The smallest absolute Gasteiger partial charge is 0.0207 e. The van der Waals surface area contributed by atoms with E-state index < -0.39 is 0 Å². The maximum Gasteiger partial charge on any atom is 0.0207 e. The summed E-state index contributed by atoms with van der Waals surface area (Å²) in [5.41, 5.74) is 3.46. The molecule has 0 saturated heterocycles. The quantitative estimate of drug-likeness (QED) is 0.811. The van der Waals surface area contributed by atoms with Crippen LogP contribution in [0.3, 0.4) is 0 Å². The van der Waals surface area contributed by atoms with Crippen molar-refractivity contribution in [2.24, 2.45) is 5.92 Å². The topological polar surface area (TPSA) is 12.0 Å². The lowest BCUT2D eigenvalue weighted by atomic mass is 9.84. The predicted octanol–water partition coefficient (Wildman–Crippen LogP) is 3.87. The summed E-state index contributed by atoms with van der Waals surface area (Å²) >= 11 is 0. The largest absolute Gasteiger partial charge is 0.310 e. The van der Waals surface area contributed by atoms with Gasteiger partial charge in [-0.3, -0.25) is 0 Å². The SMILES string of the molecule is CC(C)NCc1cccc(C2(C(C)C)CC2)c1. The molecular weight excluding hydrogens is 206 g/mol. The molecule has 1 aliphatic rings. The Labute approximate surface area is 106 Å². The molecule has 0 radical (unpaired) electrons. The summed E-state index contributed by atoms with van der Waals surface area (Å²) in [7, 11) is 0. The molecule has 0 spiro atoms. The van der Waals surface area contributed by atoms with Crippen LogP contribution in [-0.2, 0) is 12.0 Å². The Balaban J connectivity index is 2.12. The van der Waals surface area contributed by atoms with Crippen molar-refractivity contribution in [2.75, 3.05) is 0 Å². The minimum Gasteiger partial charge on any atom is -0.310 e. The molecule has 0 atom stereocenters. The van der Waals surface area contributed by atoms with Gasteiger partial charge in [0.25, 0.3) is 0 Å². The molecule has 1 aliphatic carbocycles. The highest BCUT2D eigenvalue weighted by Crippen LogP contribution is 2.53. The van der Waals surface area contributed by atoms with E-state index in [1.54, 1.807) is 5.56 Å². The highest BCUT2D eigenvalue weighted by Gasteiger charge is 2.46. The van der Waals surface area contributed by atoms with E-state index in [-0.39, 0.29) is 0 Å². The number of hydrogen-bond donors (Lipinski definition) is 1. The molecule has 0 aromatic heterocycles. The monoisotopic (exact) mass is 231 g/mol. The van der Waals surface area contributed by atoms with Gasteiger partial charge in [-0.2, -0.15) is 0 Å². The second-order valence-corrected chi connectivity index (χ2v) is 6.05. The van der Waals surface area contributed by atoms with Crippen molar-refractivity contribution < 1.29 is 0 Å². The molecule has 0 heterocycles. The molecule has 0 unspecified atom stereocenters. The summed E-state index contributed by atoms with van der Waals surface area (Å²) in [5.74, 6) is 0.760. The van der Waals surface area contributed by atoms with E-state index in [4.69, 9.17) is 0 Å². The lowest BCUT2D eigenvalue weighted by Crippen LogP contribution is -2.22. The molecule has 1 aromatic carbocycles. The average Bonchev–Trinajstić information content (AvgIpc) is 3.08. The molecular formula is C16H25N. The Kier molecular flexibility index (Phi) is 3.58. The van der Waals surface area contributed by atoms with E-state index in [0.717, 1.165) is 12.5 Å². The van der Waals surface area contributed by atoms with E-state index in [9.17, 15) is 0 Å². The van der Waals surface area contributed by atoms with Gasteiger partial charge in [0, 0.05) is 12.6 Å². The van der Waals surface area contributed by atoms with Crippen LogP contribution in [-0.4, -0.2) is 6.04 Å². The molecule has 2 rings (SSSR count). The van der Waals surface area contributed by atoms with Crippen LogP contribution in [0.5, 0.6) is 0 Å². The third kappa shape index (κ3) is 2.71. The molecule has 0 bridgehead atoms. The van der Waals surface area contributed by atoms with E-state index >= 15 is 0 Å². The van der Waals surface area contributed by atoms with Crippen LogP contribution in [0.15, 0.2) is 24.3 Å². The summed E-state index contributed by atoms with van der Waals surface area (Å²) in [6.07, 6.45) is 2.73. The van der Waals surface area contributed by atoms with E-state index in [2.05, 4.69) is 57.3 Å². The second kappa shape index (κ2) is 4.81. The van der Waals surface area contributed by atoms with Crippen molar-refractivity contribution in [3.8, 4) is 0 Å². The molecule has 1 nitrogen and oxygen atoms in total. The number of nitrogens with one attached hydrogen (secondary N) is 1. The summed E-state index contributed by atoms with van der Waals surface area (Å²) < 4.78 is 0. The highest BCUT2D eigenvalue weighted by atomic mass is 14.9. The van der Waals surface area contributed by atoms with Gasteiger partial charge in [-0.25, -0.2) is 0 Å². The van der Waals surface area contributed by atoms with Gasteiger partial charge in [0.05, 0.1) is 0 Å². The van der Waals surface area contributed by atoms with Crippen molar-refractivity contribution in [3.05, 3.63) is 35.4 Å². The summed E-state index contributed by atoms with van der Waals surface area (Å²) in [6, 6.07) is 9.72. The van der Waals surface area contributed by atoms with E-state index in [1.807, 2.05) is 0 Å². The first-order valence-electron chi connectivity index (χ1n) is 6.87. The third-order valence-electron chi connectivity index (χ3n) is 4.11. The van der Waals surface area contributed by atoms with Crippen molar-refractivity contribution in [3.63, 3.8) is 0 Å². The molecule has 1 aromatic rings. The number of rotatable bonds is 5. The highest BCUT2D eigenvalue weighted by molar-refractivity contribution is 5.35. The van der Waals surface area contributed by atoms with Gasteiger partial charge in [0.2, 0.25) is 0 Å². The van der Waals surface area contributed by atoms with E-state index in [0.29, 0.717) is 11.5 Å². The molecule has 1 fully saturated rings. The van der Waals surface area contributed by atoms with Crippen molar-refractivity contribution in [2.45, 2.75) is 58.5 Å². The molecule has 0 amide bonds. The van der Waals surface area contributed by atoms with Crippen LogP contribution >= 0.6 is 0 Å². The summed E-state index contributed by atoms with van der Waals surface area (Å²) in [4.78, 5) is 0. The van der Waals surface area contributed by atoms with Crippen LogP contribution in [0, 0.1) is 5.92 Å². The fourth-order valence-electron chi connectivity index (χ4n) is 2.65. The van der Waals surface area contributed by atoms with Crippen LogP contribution in [0.2, 0.25) is 0 Å². The lowest BCUT2D eigenvalue weighted by molar-refractivity contribution is 0.480. The molecule has 1 N–H and O–H groups in total. The first kappa shape index (κ1) is 12.6. The van der Waals surface area contributed by atoms with Gasteiger partial charge in [-0.05, 0) is 35.3 Å². The average molecular weight is 231 g/mol. The molecule has 0 aliphatic heterocycles. The molecule has 1 saturated carbocycles. The Morgan fingerprint density at radius 3 is 2.41 bits per heavy atom. The Morgan fingerprint density at radius 2 is 1.88 bits per heavy atom. The van der Waals surface area contributed by atoms with Gasteiger partial charge in [0.15, 0.2) is 0 Å². The van der Waals surface area contributed by atoms with Gasteiger partial charge in [-0.15, -0.1) is 0 Å². The van der Waals surface area contributed by atoms with Gasteiger partial charge >= 0.3 is 0 Å². The maximum atomic E-state index is 3.49. The maximum absolute atomic E-state index is 3.49. The fourth-order valence-corrected chi connectivity index (χ4v) is 2.65. The molecule has 1 heteroatoms. The minimum atomic E-state index is 0.494. The van der Waals surface area contributed by atoms with Crippen LogP contribution in [0.1, 0.15) is 51.7 Å². The van der Waals surface area contributed by atoms with Crippen molar-refractivity contribution in [1.29, 1.82) is 0 Å². The zero-order chi connectivity index (χ0) is 12.5. The Morgan fingerprint density at radius 1 is 1.18 bits per heavy atom. The van der Waals surface area contributed by atoms with Gasteiger partial charge in [0.1, 0.15) is 0 Å². The lowest BCUT2D eigenvalue weighted by Gasteiger charge is -2.21. The number of hydrogen-bond acceptors (Lipinski definition) is 1. The van der Waals surface area contributed by atoms with Crippen LogP contribution in [0.25, 0.3) is 0 Å². The first-order chi connectivity index (χ1) is 8.04. The molecule has 94 valence electrons. The second-order valence-electron chi connectivity index (χ2n) is 6.05. The number of benzene rings is 1. The molecule has 17 heavy (non-hydrogen) atoms. The fraction of sp³-hybridized carbons (Fsp3) is 0.625. The van der Waals surface area contributed by atoms with Gasteiger partial charge < -0.3 is 5.32 Å². The normalized spacial score (nSPS) is 17.8. The zero-order valence-corrected chi connectivity index (χ0v) is 11.6. The first-order valence-corrected chi connectivity index (χ1v) is 6.87. The minimum absolute atomic E-state index is 0.494. The predicted molar refractivity (Wildman–Crippen MR) is 74.2 cm³/mol. The van der Waals surface area contributed by atoms with E-state index in [1.165, 1.54) is 18.4 Å². The standard InChI is InChI=1S/C16H25N/c1-12(2)16(8-9-16)15-7-5-6-14(10-15)11-17-13(3)4/h5-7,10,12-13,17H,8-9,11H2,1-4H3. The van der Waals surface area contributed by atoms with Crippen LogP contribution < -0.4 is 5.32 Å². The summed E-state index contributed by atoms with van der Waals surface area (Å²) in [6.45, 7) is 10.1. The Hall–Kier alpha value is -0.820. The van der Waals surface area contributed by atoms with Crippen molar-refractivity contribution >= 4 is 0 Å².